The van der Waals surface area contributed by atoms with Gasteiger partial charge in [-0.05, 0) is 76.9 Å². The van der Waals surface area contributed by atoms with E-state index in [9.17, 15) is 0 Å². The van der Waals surface area contributed by atoms with Crippen LogP contribution in [0.3, 0.4) is 0 Å². The number of rotatable bonds is 6. The molecule has 0 saturated carbocycles. The van der Waals surface area contributed by atoms with Gasteiger partial charge < -0.3 is 13.4 Å². The van der Waals surface area contributed by atoms with Gasteiger partial charge in [-0.1, -0.05) is 146 Å². The van der Waals surface area contributed by atoms with Gasteiger partial charge in [0.1, 0.15) is 22.3 Å². The molecule has 4 aromatic heterocycles. The number of hydrogen-bond donors (Lipinski definition) is 0. The molecule has 0 radical (unpaired) electrons. The van der Waals surface area contributed by atoms with Crippen LogP contribution in [0, 0.1) is 0 Å². The molecule has 0 aliphatic heterocycles. The molecule has 0 N–H and O–H groups in total. The zero-order chi connectivity index (χ0) is 41.4. The number of benzene rings is 9. The summed E-state index contributed by atoms with van der Waals surface area (Å²) in [6.45, 7) is 0. The molecule has 0 spiro atoms. The van der Waals surface area contributed by atoms with E-state index in [-0.39, 0.29) is 0 Å². The van der Waals surface area contributed by atoms with Crippen LogP contribution in [0.5, 0.6) is 0 Å². The fourth-order valence-corrected chi connectivity index (χ4v) is 9.28. The Bertz CT molecular complexity index is 3900. The minimum atomic E-state index is 0.553. The number of hydrogen-bond acceptors (Lipinski definition) is 5. The number of nitrogens with zero attached hydrogens (tertiary/aromatic N) is 4. The Labute approximate surface area is 361 Å². The molecular weight excluding hydrogens is 773 g/mol. The molecular formula is C57H34N4O2. The minimum absolute atomic E-state index is 0.553. The third-order valence-corrected chi connectivity index (χ3v) is 12.3. The van der Waals surface area contributed by atoms with Crippen molar-refractivity contribution in [3.8, 4) is 62.1 Å². The molecule has 6 heteroatoms. The SMILES string of the molecule is c1ccc(-c2ccc3c4ccccc4n(-c4ccc5c(c4)oc4cc(-c6nc(-c7ccccc7)nc(-c7ccc8c(c7)oc7cccc(-c9ccccc9)c78)n6)ccc45)c3c2)cc1. The predicted molar refractivity (Wildman–Crippen MR) is 256 cm³/mol. The Hall–Kier alpha value is -8.61. The summed E-state index contributed by atoms with van der Waals surface area (Å²) in [6, 6.07) is 71.6. The quantitative estimate of drug-likeness (QED) is 0.167. The van der Waals surface area contributed by atoms with Crippen molar-refractivity contribution in [2.24, 2.45) is 0 Å². The molecule has 9 aromatic carbocycles. The number of furan rings is 2. The first kappa shape index (κ1) is 35.2. The minimum Gasteiger partial charge on any atom is -0.456 e. The van der Waals surface area contributed by atoms with Gasteiger partial charge in [0.15, 0.2) is 17.5 Å². The average Bonchev–Trinajstić information content (AvgIpc) is 4.03. The monoisotopic (exact) mass is 806 g/mol. The molecule has 4 heterocycles. The van der Waals surface area contributed by atoms with Gasteiger partial charge in [0.25, 0.3) is 0 Å². The smallest absolute Gasteiger partial charge is 0.164 e. The molecule has 0 atom stereocenters. The summed E-state index contributed by atoms with van der Waals surface area (Å²) in [4.78, 5) is 15.2. The van der Waals surface area contributed by atoms with Crippen LogP contribution in [-0.4, -0.2) is 19.5 Å². The lowest BCUT2D eigenvalue weighted by atomic mass is 9.99. The second-order valence-electron chi connectivity index (χ2n) is 16.0. The van der Waals surface area contributed by atoms with Crippen LogP contribution in [0.25, 0.3) is 128 Å². The summed E-state index contributed by atoms with van der Waals surface area (Å²) in [5, 5.41) is 6.62. The van der Waals surface area contributed by atoms with Gasteiger partial charge in [0.05, 0.1) is 11.0 Å². The molecule has 0 bridgehead atoms. The zero-order valence-corrected chi connectivity index (χ0v) is 33.7. The summed E-state index contributed by atoms with van der Waals surface area (Å²) in [5.74, 6) is 1.69. The molecule has 63 heavy (non-hydrogen) atoms. The molecule has 0 fully saturated rings. The Kier molecular flexibility index (Phi) is 7.80. The maximum absolute atomic E-state index is 6.72. The first-order valence-electron chi connectivity index (χ1n) is 21.1. The summed E-state index contributed by atoms with van der Waals surface area (Å²) < 4.78 is 15.6. The molecule has 294 valence electrons. The number of aromatic nitrogens is 4. The highest BCUT2D eigenvalue weighted by Crippen LogP contribution is 2.40. The van der Waals surface area contributed by atoms with Crippen LogP contribution < -0.4 is 0 Å². The maximum Gasteiger partial charge on any atom is 0.164 e. The molecule has 6 nitrogen and oxygen atoms in total. The molecule has 0 aliphatic rings. The summed E-state index contributed by atoms with van der Waals surface area (Å²) in [5.41, 5.74) is 13.7. The first-order valence-corrected chi connectivity index (χ1v) is 21.1. The topological polar surface area (TPSA) is 69.9 Å². The third kappa shape index (κ3) is 5.76. The second-order valence-corrected chi connectivity index (χ2v) is 16.0. The second kappa shape index (κ2) is 14.0. The Morgan fingerprint density at radius 2 is 0.825 bits per heavy atom. The highest BCUT2D eigenvalue weighted by atomic mass is 16.3. The van der Waals surface area contributed by atoms with Crippen molar-refractivity contribution in [1.29, 1.82) is 0 Å². The van der Waals surface area contributed by atoms with Crippen molar-refractivity contribution < 1.29 is 8.83 Å². The van der Waals surface area contributed by atoms with Crippen molar-refractivity contribution in [3.63, 3.8) is 0 Å². The van der Waals surface area contributed by atoms with Gasteiger partial charge in [-0.25, -0.2) is 15.0 Å². The largest absolute Gasteiger partial charge is 0.456 e. The molecule has 13 rings (SSSR count). The van der Waals surface area contributed by atoms with Gasteiger partial charge >= 0.3 is 0 Å². The lowest BCUT2D eigenvalue weighted by Crippen LogP contribution is -2.00. The van der Waals surface area contributed by atoms with Gasteiger partial charge in [-0.15, -0.1) is 0 Å². The molecule has 0 unspecified atom stereocenters. The van der Waals surface area contributed by atoms with Crippen LogP contribution in [0.4, 0.5) is 0 Å². The van der Waals surface area contributed by atoms with Gasteiger partial charge in [0, 0.05) is 60.8 Å². The van der Waals surface area contributed by atoms with Crippen LogP contribution in [-0.2, 0) is 0 Å². The Balaban J connectivity index is 0.928. The number of para-hydroxylation sites is 1. The lowest BCUT2D eigenvalue weighted by Gasteiger charge is -2.09. The van der Waals surface area contributed by atoms with E-state index in [1.54, 1.807) is 0 Å². The van der Waals surface area contributed by atoms with Crippen molar-refractivity contribution in [2.75, 3.05) is 0 Å². The van der Waals surface area contributed by atoms with Crippen molar-refractivity contribution >= 4 is 65.7 Å². The Morgan fingerprint density at radius 3 is 1.56 bits per heavy atom. The maximum atomic E-state index is 6.72. The van der Waals surface area contributed by atoms with Crippen molar-refractivity contribution in [1.82, 2.24) is 19.5 Å². The van der Waals surface area contributed by atoms with Crippen LogP contribution in [0.1, 0.15) is 0 Å². The van der Waals surface area contributed by atoms with E-state index in [1.807, 2.05) is 60.7 Å². The van der Waals surface area contributed by atoms with Gasteiger partial charge in [-0.2, -0.15) is 0 Å². The van der Waals surface area contributed by atoms with Crippen LogP contribution in [0.2, 0.25) is 0 Å². The first-order chi connectivity index (χ1) is 31.2. The van der Waals surface area contributed by atoms with Crippen molar-refractivity contribution in [3.05, 3.63) is 206 Å². The molecule has 0 amide bonds. The van der Waals surface area contributed by atoms with Gasteiger partial charge in [-0.3, -0.25) is 0 Å². The molecule has 0 aliphatic carbocycles. The summed E-state index contributed by atoms with van der Waals surface area (Å²) in [6.07, 6.45) is 0. The van der Waals surface area contributed by atoms with Crippen molar-refractivity contribution in [2.45, 2.75) is 0 Å². The third-order valence-electron chi connectivity index (χ3n) is 12.3. The van der Waals surface area contributed by atoms with Crippen LogP contribution >= 0.6 is 0 Å². The van der Waals surface area contributed by atoms with E-state index in [0.29, 0.717) is 17.5 Å². The average molecular weight is 807 g/mol. The van der Waals surface area contributed by atoms with E-state index in [2.05, 4.69) is 150 Å². The highest BCUT2D eigenvalue weighted by Gasteiger charge is 2.19. The lowest BCUT2D eigenvalue weighted by molar-refractivity contribution is 0.668. The van der Waals surface area contributed by atoms with Crippen LogP contribution in [0.15, 0.2) is 215 Å². The molecule has 13 aromatic rings. The normalized spacial score (nSPS) is 11.8. The standard InChI is InChI=1S/C57H34N4O2/c1-4-13-35(14-5-1)38-23-27-44-43-19-10-11-21-48(43)61(49(44)31-38)41-26-30-46-45-28-24-39(32-51(45)63-53(46)34-41)56-58-55(37-17-8-3-9-18-37)59-57(60-56)40-25-29-47-52(33-40)62-50-22-12-20-42(54(47)50)36-15-6-2-7-16-36/h1-34H. The molecule has 0 saturated heterocycles. The Morgan fingerprint density at radius 1 is 0.302 bits per heavy atom. The fourth-order valence-electron chi connectivity index (χ4n) is 9.28. The summed E-state index contributed by atoms with van der Waals surface area (Å²) in [7, 11) is 0. The van der Waals surface area contributed by atoms with Gasteiger partial charge in [0.2, 0.25) is 0 Å². The number of fused-ring (bicyclic) bond motifs is 9. The van der Waals surface area contributed by atoms with E-state index in [1.165, 1.54) is 21.9 Å². The van der Waals surface area contributed by atoms with E-state index in [4.69, 9.17) is 23.8 Å². The fraction of sp³-hybridized carbons (Fsp3) is 0. The summed E-state index contributed by atoms with van der Waals surface area (Å²) >= 11 is 0. The van der Waals surface area contributed by atoms with E-state index < -0.39 is 0 Å². The highest BCUT2D eigenvalue weighted by molar-refractivity contribution is 6.13. The predicted octanol–water partition coefficient (Wildman–Crippen LogP) is 15.1. The van der Waals surface area contributed by atoms with E-state index in [0.717, 1.165) is 88.4 Å². The van der Waals surface area contributed by atoms with E-state index >= 15 is 0 Å². The zero-order valence-electron chi connectivity index (χ0n) is 33.7.